The van der Waals surface area contributed by atoms with Crippen molar-refractivity contribution in [1.29, 1.82) is 0 Å². The third-order valence-corrected chi connectivity index (χ3v) is 2.97. The van der Waals surface area contributed by atoms with Crippen LogP contribution in [-0.2, 0) is 4.74 Å². The molecule has 0 amide bonds. The average Bonchev–Trinajstić information content (AvgIpc) is 2.82. The first kappa shape index (κ1) is 13.4. The molecule has 1 aliphatic heterocycles. The number of nitrogens with zero attached hydrogens (tertiary/aromatic N) is 4. The van der Waals surface area contributed by atoms with Crippen LogP contribution >= 0.6 is 0 Å². The van der Waals surface area contributed by atoms with E-state index in [0.29, 0.717) is 6.42 Å². The van der Waals surface area contributed by atoms with Gasteiger partial charge in [-0.15, -0.1) is 0 Å². The van der Waals surface area contributed by atoms with Crippen molar-refractivity contribution in [3.8, 4) is 0 Å². The topological polar surface area (TPSA) is 132 Å². The molecule has 1 saturated heterocycles. The van der Waals surface area contributed by atoms with E-state index in [4.69, 9.17) is 20.6 Å². The van der Waals surface area contributed by atoms with Gasteiger partial charge in [-0.05, 0) is 11.6 Å². The maximum Gasteiger partial charge on any atom is 0.254 e. The molecule has 0 aromatic carbocycles. The molecule has 1 aromatic rings. The van der Waals surface area contributed by atoms with Gasteiger partial charge in [0.05, 0.1) is 24.4 Å². The van der Waals surface area contributed by atoms with Gasteiger partial charge in [-0.1, -0.05) is 5.11 Å². The monoisotopic (exact) mass is 267 g/mol. The van der Waals surface area contributed by atoms with Crippen LogP contribution in [0, 0.1) is 0 Å². The van der Waals surface area contributed by atoms with Gasteiger partial charge in [-0.2, -0.15) is 0 Å². The maximum absolute atomic E-state index is 11.8. The zero-order valence-electron chi connectivity index (χ0n) is 9.88. The molecule has 9 heteroatoms. The van der Waals surface area contributed by atoms with E-state index in [-0.39, 0.29) is 17.9 Å². The van der Waals surface area contributed by atoms with Crippen molar-refractivity contribution in [2.45, 2.75) is 24.8 Å². The zero-order valence-corrected chi connectivity index (χ0v) is 9.88. The Kier molecular flexibility index (Phi) is 4.03. The van der Waals surface area contributed by atoms with Gasteiger partial charge in [0.1, 0.15) is 6.23 Å². The Morgan fingerprint density at radius 3 is 3.05 bits per heavy atom. The number of aliphatic hydroxyl groups excluding tert-OH is 1. The number of anilines is 1. The molecule has 102 valence electrons. The summed E-state index contributed by atoms with van der Waals surface area (Å²) in [5.74, 6) is 0. The molecule has 2 rings (SSSR count). The van der Waals surface area contributed by atoms with Crippen molar-refractivity contribution in [3.63, 3.8) is 0 Å². The van der Waals surface area contributed by atoms with E-state index in [0.717, 1.165) is 0 Å². The first-order chi connectivity index (χ1) is 9.19. The Hall–Kier alpha value is -2.06. The molecule has 0 radical (unpaired) electrons. The molecule has 0 aliphatic carbocycles. The predicted molar refractivity (Wildman–Crippen MR) is 64.7 cm³/mol. The molecule has 3 atom stereocenters. The number of aromatic nitrogens is 1. The fourth-order valence-corrected chi connectivity index (χ4v) is 2.04. The summed E-state index contributed by atoms with van der Waals surface area (Å²) in [5.41, 5.74) is 10.2. The normalized spacial score (nSPS) is 25.9. The fraction of sp³-hybridized carbons (Fsp3) is 0.500. The van der Waals surface area contributed by atoms with Crippen LogP contribution in [-0.4, -0.2) is 33.6 Å². The number of azide groups is 1. The summed E-state index contributed by atoms with van der Waals surface area (Å²) in [6.45, 7) is -0.286. The van der Waals surface area contributed by atoms with Gasteiger partial charge in [0.25, 0.3) is 5.56 Å². The van der Waals surface area contributed by atoms with Gasteiger partial charge in [-0.25, -0.2) is 0 Å². The molecule has 1 fully saturated rings. The molecule has 0 bridgehead atoms. The van der Waals surface area contributed by atoms with Gasteiger partial charge >= 0.3 is 0 Å². The highest BCUT2D eigenvalue weighted by Crippen LogP contribution is 2.29. The lowest BCUT2D eigenvalue weighted by Gasteiger charge is -2.15. The van der Waals surface area contributed by atoms with Crippen molar-refractivity contribution in [2.24, 2.45) is 5.11 Å². The Morgan fingerprint density at radius 1 is 1.68 bits per heavy atom. The average molecular weight is 267 g/mol. The molecule has 0 spiro atoms. The summed E-state index contributed by atoms with van der Waals surface area (Å²) >= 11 is 0. The minimum absolute atomic E-state index is 0.268. The van der Waals surface area contributed by atoms with Crippen LogP contribution in [0.2, 0.25) is 0 Å². The largest absolute Gasteiger partial charge is 0.394 e. The highest BCUT2D eigenvalue weighted by atomic mass is 16.5. The molecule has 19 heavy (non-hydrogen) atoms. The number of hydrogen-bond donors (Lipinski definition) is 3. The molecule has 1 aromatic heterocycles. The van der Waals surface area contributed by atoms with Crippen molar-refractivity contribution in [1.82, 2.24) is 4.57 Å². The highest BCUT2D eigenvalue weighted by Gasteiger charge is 2.35. The molecule has 0 unspecified atom stereocenters. The Bertz CT molecular complexity index is 553. The van der Waals surface area contributed by atoms with Crippen LogP contribution in [0.3, 0.4) is 0 Å². The van der Waals surface area contributed by atoms with Crippen molar-refractivity contribution in [2.75, 3.05) is 12.1 Å². The number of rotatable bonds is 4. The van der Waals surface area contributed by atoms with Gasteiger partial charge in [0.15, 0.2) is 0 Å². The van der Waals surface area contributed by atoms with Crippen LogP contribution in [0.25, 0.3) is 10.4 Å². The molecule has 2 heterocycles. The fourth-order valence-electron chi connectivity index (χ4n) is 2.04. The highest BCUT2D eigenvalue weighted by molar-refractivity contribution is 5.38. The van der Waals surface area contributed by atoms with Crippen LogP contribution in [0.1, 0.15) is 12.6 Å². The maximum atomic E-state index is 11.8. The van der Waals surface area contributed by atoms with Crippen LogP contribution in [0.15, 0.2) is 28.2 Å². The third kappa shape index (κ3) is 2.69. The van der Waals surface area contributed by atoms with Crippen LogP contribution < -0.4 is 11.0 Å². The molecule has 3 N–H and O–H groups in total. The number of ether oxygens (including phenoxy) is 1. The van der Waals surface area contributed by atoms with E-state index < -0.39 is 18.4 Å². The van der Waals surface area contributed by atoms with E-state index >= 15 is 0 Å². The molecule has 9 nitrogen and oxygen atoms in total. The van der Waals surface area contributed by atoms with Gasteiger partial charge in [-0.3, -0.25) is 20.0 Å². The van der Waals surface area contributed by atoms with Crippen molar-refractivity contribution >= 4 is 5.69 Å². The number of hydrogen-bond acceptors (Lipinski definition) is 6. The lowest BCUT2D eigenvalue weighted by atomic mass is 10.1. The van der Waals surface area contributed by atoms with Crippen LogP contribution in [0.5, 0.6) is 0 Å². The minimum atomic E-state index is -0.622. The smallest absolute Gasteiger partial charge is 0.254 e. The lowest BCUT2D eigenvalue weighted by Crippen LogP contribution is -2.25. The van der Waals surface area contributed by atoms with E-state index in [9.17, 15) is 4.79 Å². The lowest BCUT2D eigenvalue weighted by molar-refractivity contribution is -0.0264. The number of nitrogens with one attached hydrogen (secondary N) is 1. The third-order valence-electron chi connectivity index (χ3n) is 2.97. The standard InChI is InChI=1S/C10H13N5O4/c11-14-12-7-4-10(19-8(7)5-16)15-2-1-6(13-18)3-9(15)17/h1-3,7-8,10,13,16,18H,4-5H2/t7-,8+,10+/m1/s1. The zero-order chi connectivity index (χ0) is 13.8. The first-order valence-corrected chi connectivity index (χ1v) is 5.62. The van der Waals surface area contributed by atoms with Crippen molar-refractivity contribution in [3.05, 3.63) is 39.1 Å². The van der Waals surface area contributed by atoms with Gasteiger partial charge in [0.2, 0.25) is 0 Å². The SMILES string of the molecule is [N-]=[N+]=N[C@@H]1C[C@@H](n2ccc(NO)cc2=O)O[C@H]1CO. The molecular weight excluding hydrogens is 254 g/mol. The van der Waals surface area contributed by atoms with Crippen molar-refractivity contribution < 1.29 is 15.1 Å². The first-order valence-electron chi connectivity index (χ1n) is 5.62. The Labute approximate surface area is 107 Å². The van der Waals surface area contributed by atoms with E-state index in [1.54, 1.807) is 0 Å². The summed E-state index contributed by atoms with van der Waals surface area (Å²) in [6.07, 6.45) is 0.538. The summed E-state index contributed by atoms with van der Waals surface area (Å²) in [6, 6.07) is 2.19. The number of aliphatic hydroxyl groups is 1. The van der Waals surface area contributed by atoms with E-state index in [2.05, 4.69) is 10.0 Å². The van der Waals surface area contributed by atoms with Crippen LogP contribution in [0.4, 0.5) is 5.69 Å². The second-order valence-electron chi connectivity index (χ2n) is 4.09. The summed E-state index contributed by atoms with van der Waals surface area (Å²) < 4.78 is 6.80. The molecule has 0 saturated carbocycles. The second-order valence-corrected chi connectivity index (χ2v) is 4.09. The summed E-state index contributed by atoms with van der Waals surface area (Å²) in [7, 11) is 0. The minimum Gasteiger partial charge on any atom is -0.394 e. The summed E-state index contributed by atoms with van der Waals surface area (Å²) in [4.78, 5) is 14.5. The summed E-state index contributed by atoms with van der Waals surface area (Å²) in [5, 5.41) is 21.4. The Morgan fingerprint density at radius 2 is 2.47 bits per heavy atom. The Balaban J connectivity index is 2.24. The van der Waals surface area contributed by atoms with E-state index in [1.165, 1.54) is 22.9 Å². The number of pyridine rings is 1. The second kappa shape index (κ2) is 5.72. The van der Waals surface area contributed by atoms with Gasteiger partial charge in [0, 0.05) is 23.6 Å². The van der Waals surface area contributed by atoms with E-state index in [1.807, 2.05) is 5.48 Å². The molecule has 1 aliphatic rings. The van der Waals surface area contributed by atoms with Gasteiger partial charge < -0.3 is 9.84 Å². The quantitative estimate of drug-likeness (QED) is 0.318. The molecular formula is C10H13N5O4. The predicted octanol–water partition coefficient (Wildman–Crippen LogP) is 0.608.